The molecule has 72 valence electrons. The molecule has 0 atom stereocenters. The van der Waals surface area contributed by atoms with E-state index in [0.717, 1.165) is 0 Å². The van der Waals surface area contributed by atoms with Gasteiger partial charge in [0.2, 0.25) is 0 Å². The zero-order valence-corrected chi connectivity index (χ0v) is 7.71. The van der Waals surface area contributed by atoms with E-state index in [2.05, 4.69) is 0 Å². The van der Waals surface area contributed by atoms with E-state index in [1.54, 1.807) is 12.1 Å². The van der Waals surface area contributed by atoms with Crippen molar-refractivity contribution in [2.75, 3.05) is 0 Å². The van der Waals surface area contributed by atoms with Gasteiger partial charge in [-0.15, -0.1) is 0 Å². The van der Waals surface area contributed by atoms with E-state index in [0.29, 0.717) is 16.5 Å². The fraction of sp³-hybridized carbons (Fsp3) is 0.182. The maximum Gasteiger partial charge on any atom is 0.137 e. The van der Waals surface area contributed by atoms with E-state index in [1.165, 1.54) is 19.3 Å². The molecule has 2 aromatic rings. The molecule has 1 aromatic carbocycles. The number of rotatable bonds is 2. The van der Waals surface area contributed by atoms with Gasteiger partial charge in [0, 0.05) is 12.0 Å². The van der Waals surface area contributed by atoms with E-state index in [9.17, 15) is 9.18 Å². The summed E-state index contributed by atoms with van der Waals surface area (Å²) in [6, 6.07) is 4.63. The Morgan fingerprint density at radius 3 is 3.00 bits per heavy atom. The van der Waals surface area contributed by atoms with Crippen LogP contribution in [0.15, 0.2) is 28.9 Å². The number of carbonyl (C=O) groups excluding carboxylic acids is 1. The second kappa shape index (κ2) is 3.25. The summed E-state index contributed by atoms with van der Waals surface area (Å²) < 4.78 is 18.5. The second-order valence-corrected chi connectivity index (χ2v) is 3.25. The Bertz CT molecular complexity index is 485. The van der Waals surface area contributed by atoms with Gasteiger partial charge in [-0.2, -0.15) is 0 Å². The molecule has 0 bridgehead atoms. The van der Waals surface area contributed by atoms with E-state index >= 15 is 0 Å². The lowest BCUT2D eigenvalue weighted by Crippen LogP contribution is -1.95. The molecule has 0 aliphatic rings. The molecule has 0 unspecified atom stereocenters. The molecule has 2 rings (SSSR count). The summed E-state index contributed by atoms with van der Waals surface area (Å²) >= 11 is 0. The van der Waals surface area contributed by atoms with Gasteiger partial charge in [-0.1, -0.05) is 6.07 Å². The maximum absolute atomic E-state index is 13.4. The van der Waals surface area contributed by atoms with Crippen LogP contribution in [0.25, 0.3) is 11.0 Å². The van der Waals surface area contributed by atoms with Crippen molar-refractivity contribution in [1.29, 1.82) is 0 Å². The molecule has 14 heavy (non-hydrogen) atoms. The van der Waals surface area contributed by atoms with Crippen LogP contribution in [0.5, 0.6) is 0 Å². The lowest BCUT2D eigenvalue weighted by Gasteiger charge is -1.94. The van der Waals surface area contributed by atoms with Gasteiger partial charge in [0.05, 0.1) is 11.6 Å². The summed E-state index contributed by atoms with van der Waals surface area (Å²) in [6.45, 7) is 1.47. The summed E-state index contributed by atoms with van der Waals surface area (Å²) in [5.74, 6) is -0.344. The lowest BCUT2D eigenvalue weighted by atomic mass is 10.1. The first-order valence-corrected chi connectivity index (χ1v) is 4.32. The van der Waals surface area contributed by atoms with Crippen LogP contribution in [-0.4, -0.2) is 5.78 Å². The molecule has 1 heterocycles. The molecule has 0 aliphatic carbocycles. The molecule has 2 nitrogen and oxygen atoms in total. The Labute approximate surface area is 80.3 Å². The third-order valence-electron chi connectivity index (χ3n) is 2.06. The molecule has 0 fully saturated rings. The highest BCUT2D eigenvalue weighted by atomic mass is 19.1. The second-order valence-electron chi connectivity index (χ2n) is 3.25. The first kappa shape index (κ1) is 8.94. The normalized spacial score (nSPS) is 10.7. The first-order chi connectivity index (χ1) is 6.68. The molecule has 0 saturated heterocycles. The number of benzene rings is 1. The third-order valence-corrected chi connectivity index (χ3v) is 2.06. The Hall–Kier alpha value is -1.64. The molecule has 0 amide bonds. The fourth-order valence-corrected chi connectivity index (χ4v) is 1.51. The first-order valence-electron chi connectivity index (χ1n) is 4.32. The van der Waals surface area contributed by atoms with Crippen molar-refractivity contribution in [3.63, 3.8) is 0 Å². The van der Waals surface area contributed by atoms with Gasteiger partial charge < -0.3 is 4.42 Å². The highest BCUT2D eigenvalue weighted by Crippen LogP contribution is 2.24. The quantitative estimate of drug-likeness (QED) is 0.732. The van der Waals surface area contributed by atoms with Gasteiger partial charge >= 0.3 is 0 Å². The molecule has 0 radical (unpaired) electrons. The van der Waals surface area contributed by atoms with Crippen LogP contribution < -0.4 is 0 Å². The van der Waals surface area contributed by atoms with Crippen LogP contribution in [0.2, 0.25) is 0 Å². The van der Waals surface area contributed by atoms with Gasteiger partial charge in [-0.05, 0) is 19.1 Å². The van der Waals surface area contributed by atoms with E-state index in [4.69, 9.17) is 4.42 Å². The monoisotopic (exact) mass is 192 g/mol. The van der Waals surface area contributed by atoms with Gasteiger partial charge in [0.25, 0.3) is 0 Å². The van der Waals surface area contributed by atoms with Gasteiger partial charge in [-0.25, -0.2) is 4.39 Å². The van der Waals surface area contributed by atoms with E-state index < -0.39 is 0 Å². The van der Waals surface area contributed by atoms with Crippen LogP contribution in [0.3, 0.4) is 0 Å². The predicted octanol–water partition coefficient (Wildman–Crippen LogP) is 2.70. The van der Waals surface area contributed by atoms with E-state index in [1.807, 2.05) is 0 Å². The van der Waals surface area contributed by atoms with Crippen LogP contribution in [0.1, 0.15) is 12.5 Å². The van der Waals surface area contributed by atoms with Crippen molar-refractivity contribution in [2.45, 2.75) is 13.3 Å². The SMILES string of the molecule is CC(=O)Cc1coc2cccc(F)c12. The third kappa shape index (κ3) is 1.41. The highest BCUT2D eigenvalue weighted by Gasteiger charge is 2.11. The van der Waals surface area contributed by atoms with E-state index in [-0.39, 0.29) is 18.0 Å². The summed E-state index contributed by atoms with van der Waals surface area (Å²) in [6.07, 6.45) is 1.66. The number of Topliss-reactive ketones (excluding diaryl/α,β-unsaturated/α-hetero) is 1. The average molecular weight is 192 g/mol. The van der Waals surface area contributed by atoms with Crippen LogP contribution in [0.4, 0.5) is 4.39 Å². The van der Waals surface area contributed by atoms with Crippen LogP contribution in [-0.2, 0) is 11.2 Å². The minimum atomic E-state index is -0.340. The minimum Gasteiger partial charge on any atom is -0.464 e. The summed E-state index contributed by atoms with van der Waals surface area (Å²) in [4.78, 5) is 10.9. The molecule has 0 saturated carbocycles. The highest BCUT2D eigenvalue weighted by molar-refractivity contribution is 5.87. The number of furan rings is 1. The van der Waals surface area contributed by atoms with Crippen molar-refractivity contribution in [3.05, 3.63) is 35.8 Å². The van der Waals surface area contributed by atoms with Crippen molar-refractivity contribution < 1.29 is 13.6 Å². The molecule has 3 heteroatoms. The fourth-order valence-electron chi connectivity index (χ4n) is 1.51. The molecular formula is C11H9FO2. The van der Waals surface area contributed by atoms with Crippen molar-refractivity contribution in [3.8, 4) is 0 Å². The minimum absolute atomic E-state index is 0.00375. The van der Waals surface area contributed by atoms with Crippen molar-refractivity contribution >= 4 is 16.8 Å². The van der Waals surface area contributed by atoms with Crippen LogP contribution in [0, 0.1) is 5.82 Å². The van der Waals surface area contributed by atoms with Gasteiger partial charge in [0.15, 0.2) is 0 Å². The lowest BCUT2D eigenvalue weighted by molar-refractivity contribution is -0.116. The maximum atomic E-state index is 13.4. The summed E-state index contributed by atoms with van der Waals surface area (Å²) in [5.41, 5.74) is 1.10. The van der Waals surface area contributed by atoms with Crippen LogP contribution >= 0.6 is 0 Å². The number of hydrogen-bond acceptors (Lipinski definition) is 2. The van der Waals surface area contributed by atoms with Gasteiger partial charge in [-0.3, -0.25) is 4.79 Å². The largest absolute Gasteiger partial charge is 0.464 e. The average Bonchev–Trinajstić information content (AvgIpc) is 2.49. The smallest absolute Gasteiger partial charge is 0.137 e. The van der Waals surface area contributed by atoms with Gasteiger partial charge in [0.1, 0.15) is 17.2 Å². The zero-order valence-electron chi connectivity index (χ0n) is 7.71. The number of hydrogen-bond donors (Lipinski definition) is 0. The number of carbonyl (C=O) groups is 1. The standard InChI is InChI=1S/C11H9FO2/c1-7(13)5-8-6-14-10-4-2-3-9(12)11(8)10/h2-4,6H,5H2,1H3. The molecular weight excluding hydrogens is 183 g/mol. The molecule has 0 N–H and O–H groups in total. The molecule has 1 aromatic heterocycles. The number of fused-ring (bicyclic) bond motifs is 1. The molecule has 0 spiro atoms. The van der Waals surface area contributed by atoms with Crippen molar-refractivity contribution in [1.82, 2.24) is 0 Å². The Morgan fingerprint density at radius 1 is 1.50 bits per heavy atom. The van der Waals surface area contributed by atoms with Crippen molar-refractivity contribution in [2.24, 2.45) is 0 Å². The molecule has 0 aliphatic heterocycles. The Kier molecular flexibility index (Phi) is 2.08. The number of halogens is 1. The Balaban J connectivity index is 2.61. The topological polar surface area (TPSA) is 30.2 Å². The summed E-state index contributed by atoms with van der Waals surface area (Å²) in [7, 11) is 0. The summed E-state index contributed by atoms with van der Waals surface area (Å²) in [5, 5.41) is 0.419. The predicted molar refractivity (Wildman–Crippen MR) is 50.6 cm³/mol. The zero-order chi connectivity index (χ0) is 10.1. The number of ketones is 1. The Morgan fingerprint density at radius 2 is 2.29 bits per heavy atom.